The molecule has 0 aliphatic carbocycles. The van der Waals surface area contributed by atoms with E-state index in [4.69, 9.17) is 21.7 Å². The fraction of sp³-hybridized carbons (Fsp3) is 0.647. The number of rotatable bonds is 14. The summed E-state index contributed by atoms with van der Waals surface area (Å²) in [6, 6.07) is -4.12. The zero-order valence-corrected chi connectivity index (χ0v) is 16.8. The number of amides is 4. The Labute approximate surface area is 172 Å². The molecule has 0 heterocycles. The van der Waals surface area contributed by atoms with Gasteiger partial charge in [0.1, 0.15) is 18.1 Å². The molecule has 0 aromatic heterocycles. The summed E-state index contributed by atoms with van der Waals surface area (Å²) >= 11 is 0. The highest BCUT2D eigenvalue weighted by Gasteiger charge is 2.30. The number of hydrogen-bond acceptors (Lipinski definition) is 7. The molecule has 0 saturated heterocycles. The summed E-state index contributed by atoms with van der Waals surface area (Å²) in [6.45, 7) is 3.22. The number of carboxylic acid groups (broad SMARTS) is 2. The first kappa shape index (κ1) is 26.8. The molecule has 0 unspecified atom stereocenters. The molecule has 0 spiro atoms. The third-order valence-corrected chi connectivity index (χ3v) is 3.84. The fourth-order valence-corrected chi connectivity index (χ4v) is 2.44. The van der Waals surface area contributed by atoms with Crippen molar-refractivity contribution in [1.29, 1.82) is 0 Å². The predicted octanol–water partition coefficient (Wildman–Crippen LogP) is -2.73. The number of nitrogens with two attached hydrogens (primary N) is 2. The van der Waals surface area contributed by atoms with Gasteiger partial charge in [-0.1, -0.05) is 13.8 Å². The third kappa shape index (κ3) is 10.9. The first-order chi connectivity index (χ1) is 13.9. The molecule has 0 aliphatic rings. The molecule has 170 valence electrons. The Balaban J connectivity index is 5.38. The zero-order chi connectivity index (χ0) is 23.4. The average molecular weight is 431 g/mol. The minimum absolute atomic E-state index is 0.0188. The van der Waals surface area contributed by atoms with Gasteiger partial charge in [-0.05, 0) is 18.8 Å². The molecule has 9 N–H and O–H groups in total. The molecule has 0 rings (SSSR count). The van der Waals surface area contributed by atoms with E-state index in [0.717, 1.165) is 0 Å². The molecule has 0 aromatic rings. The molecule has 3 atom stereocenters. The van der Waals surface area contributed by atoms with Crippen molar-refractivity contribution in [3.63, 3.8) is 0 Å². The smallest absolute Gasteiger partial charge is 0.326 e. The molecule has 30 heavy (non-hydrogen) atoms. The number of aliphatic carboxylic acids is 2. The number of nitrogens with one attached hydrogen (secondary N) is 3. The van der Waals surface area contributed by atoms with Crippen molar-refractivity contribution in [1.82, 2.24) is 16.0 Å². The maximum absolute atomic E-state index is 12.6. The van der Waals surface area contributed by atoms with Gasteiger partial charge in [0.15, 0.2) is 0 Å². The second-order valence-electron chi connectivity index (χ2n) is 7.02. The van der Waals surface area contributed by atoms with E-state index in [0.29, 0.717) is 0 Å². The monoisotopic (exact) mass is 431 g/mol. The van der Waals surface area contributed by atoms with Crippen molar-refractivity contribution < 1.29 is 39.0 Å². The molecule has 0 saturated carbocycles. The summed E-state index contributed by atoms with van der Waals surface area (Å²) in [5.74, 6) is -6.13. The molecule has 0 radical (unpaired) electrons. The van der Waals surface area contributed by atoms with Crippen LogP contribution in [0.4, 0.5) is 0 Å². The van der Waals surface area contributed by atoms with Crippen molar-refractivity contribution in [3.8, 4) is 0 Å². The Kier molecular flexibility index (Phi) is 11.7. The van der Waals surface area contributed by atoms with Crippen molar-refractivity contribution in [3.05, 3.63) is 0 Å². The van der Waals surface area contributed by atoms with Gasteiger partial charge in [-0.3, -0.25) is 24.0 Å². The maximum Gasteiger partial charge on any atom is 0.326 e. The second kappa shape index (κ2) is 13.1. The van der Waals surface area contributed by atoms with Crippen molar-refractivity contribution in [2.45, 2.75) is 57.7 Å². The van der Waals surface area contributed by atoms with Crippen LogP contribution in [0, 0.1) is 5.92 Å². The van der Waals surface area contributed by atoms with Gasteiger partial charge in [0.05, 0.1) is 13.0 Å². The highest BCUT2D eigenvalue weighted by atomic mass is 16.4. The Morgan fingerprint density at radius 1 is 0.867 bits per heavy atom. The van der Waals surface area contributed by atoms with Gasteiger partial charge in [-0.2, -0.15) is 0 Å². The summed E-state index contributed by atoms with van der Waals surface area (Å²) in [5, 5.41) is 24.6. The van der Waals surface area contributed by atoms with Gasteiger partial charge in [0.25, 0.3) is 0 Å². The van der Waals surface area contributed by atoms with Crippen LogP contribution >= 0.6 is 0 Å². The summed E-state index contributed by atoms with van der Waals surface area (Å²) in [4.78, 5) is 69.8. The Bertz CT molecular complexity index is 667. The molecule has 4 amide bonds. The number of carbonyl (C=O) groups is 6. The number of primary amides is 1. The van der Waals surface area contributed by atoms with E-state index in [2.05, 4.69) is 16.0 Å². The van der Waals surface area contributed by atoms with Gasteiger partial charge in [-0.15, -0.1) is 0 Å². The Hall–Kier alpha value is -3.22. The van der Waals surface area contributed by atoms with Gasteiger partial charge < -0.3 is 37.6 Å². The Morgan fingerprint density at radius 3 is 1.83 bits per heavy atom. The van der Waals surface area contributed by atoms with Crippen LogP contribution in [0.25, 0.3) is 0 Å². The molecule has 0 bridgehead atoms. The lowest BCUT2D eigenvalue weighted by Crippen LogP contribution is -2.57. The summed E-state index contributed by atoms with van der Waals surface area (Å²) in [7, 11) is 0. The van der Waals surface area contributed by atoms with E-state index in [9.17, 15) is 28.8 Å². The third-order valence-electron chi connectivity index (χ3n) is 3.84. The first-order valence-electron chi connectivity index (χ1n) is 9.20. The summed E-state index contributed by atoms with van der Waals surface area (Å²) in [6.07, 6.45) is -1.36. The predicted molar refractivity (Wildman–Crippen MR) is 103 cm³/mol. The van der Waals surface area contributed by atoms with Crippen molar-refractivity contribution >= 4 is 35.6 Å². The van der Waals surface area contributed by atoms with Gasteiger partial charge >= 0.3 is 11.9 Å². The van der Waals surface area contributed by atoms with Crippen molar-refractivity contribution in [2.75, 3.05) is 6.54 Å². The number of hydrogen-bond donors (Lipinski definition) is 7. The molecule has 0 fully saturated rings. The normalized spacial score (nSPS) is 13.6. The van der Waals surface area contributed by atoms with Crippen LogP contribution in [0.2, 0.25) is 0 Å². The van der Waals surface area contributed by atoms with E-state index < -0.39 is 73.0 Å². The van der Waals surface area contributed by atoms with Crippen molar-refractivity contribution in [2.24, 2.45) is 17.4 Å². The lowest BCUT2D eigenvalue weighted by atomic mass is 10.0. The molecular weight excluding hydrogens is 402 g/mol. The van der Waals surface area contributed by atoms with Crippen LogP contribution in [0.5, 0.6) is 0 Å². The van der Waals surface area contributed by atoms with Crippen LogP contribution in [-0.2, 0) is 28.8 Å². The lowest BCUT2D eigenvalue weighted by Gasteiger charge is -2.24. The highest BCUT2D eigenvalue weighted by molar-refractivity contribution is 5.95. The van der Waals surface area contributed by atoms with E-state index in [1.54, 1.807) is 13.8 Å². The van der Waals surface area contributed by atoms with Crippen LogP contribution in [0.1, 0.15) is 39.5 Å². The lowest BCUT2D eigenvalue weighted by molar-refractivity contribution is -0.143. The SMILES string of the molecule is CC(C)C[C@H](NC(=O)CN)C(=O)N[C@@H](CC(N)=O)C(=O)N[C@@H](CCC(=O)O)C(=O)O. The molecule has 13 heteroatoms. The standard InChI is InChI=1S/C17H29N5O8/c1-8(2)5-10(20-13(24)7-18)15(27)22-11(6-12(19)23)16(28)21-9(17(29)30)3-4-14(25)26/h8-11H,3-7,18H2,1-2H3,(H2,19,23)(H,20,24)(H,21,28)(H,22,27)(H,25,26)(H,29,30)/t9-,10-,11-/m0/s1. The first-order valence-corrected chi connectivity index (χ1v) is 9.20. The van der Waals surface area contributed by atoms with E-state index >= 15 is 0 Å². The number of carbonyl (C=O) groups excluding carboxylic acids is 4. The molecular formula is C17H29N5O8. The second-order valence-corrected chi connectivity index (χ2v) is 7.02. The molecule has 0 aromatic carbocycles. The van der Waals surface area contributed by atoms with E-state index in [1.807, 2.05) is 0 Å². The molecule has 0 aliphatic heterocycles. The van der Waals surface area contributed by atoms with Gasteiger partial charge in [0, 0.05) is 6.42 Å². The van der Waals surface area contributed by atoms with E-state index in [-0.39, 0.29) is 18.9 Å². The fourth-order valence-electron chi connectivity index (χ4n) is 2.44. The summed E-state index contributed by atoms with van der Waals surface area (Å²) < 4.78 is 0. The average Bonchev–Trinajstić information content (AvgIpc) is 2.62. The molecule has 13 nitrogen and oxygen atoms in total. The highest BCUT2D eigenvalue weighted by Crippen LogP contribution is 2.07. The minimum Gasteiger partial charge on any atom is -0.481 e. The Morgan fingerprint density at radius 2 is 1.40 bits per heavy atom. The van der Waals surface area contributed by atoms with Crippen LogP contribution < -0.4 is 27.4 Å². The van der Waals surface area contributed by atoms with Crippen LogP contribution in [-0.4, -0.2) is 70.5 Å². The van der Waals surface area contributed by atoms with Gasteiger partial charge in [0.2, 0.25) is 23.6 Å². The van der Waals surface area contributed by atoms with Gasteiger partial charge in [-0.25, -0.2) is 4.79 Å². The van der Waals surface area contributed by atoms with E-state index in [1.165, 1.54) is 0 Å². The van der Waals surface area contributed by atoms with Crippen LogP contribution in [0.15, 0.2) is 0 Å². The number of carboxylic acids is 2. The van der Waals surface area contributed by atoms with Crippen LogP contribution in [0.3, 0.4) is 0 Å². The zero-order valence-electron chi connectivity index (χ0n) is 16.8. The maximum atomic E-state index is 12.6. The summed E-state index contributed by atoms with van der Waals surface area (Å²) in [5.41, 5.74) is 10.3. The largest absolute Gasteiger partial charge is 0.481 e. The minimum atomic E-state index is -1.55. The quantitative estimate of drug-likeness (QED) is 0.151. The topological polar surface area (TPSA) is 231 Å².